The van der Waals surface area contributed by atoms with Crippen molar-refractivity contribution in [2.24, 2.45) is 5.14 Å². The number of benzene rings is 1. The SMILES string of the molecule is NS(=O)(=O)C1CC(=O)N(c2cccc(I)c2)C1. The molecule has 5 nitrogen and oxygen atoms in total. The van der Waals surface area contributed by atoms with Crippen LogP contribution in [0.1, 0.15) is 6.42 Å². The molecule has 17 heavy (non-hydrogen) atoms. The summed E-state index contributed by atoms with van der Waals surface area (Å²) < 4.78 is 23.4. The summed E-state index contributed by atoms with van der Waals surface area (Å²) in [5, 5.41) is 4.27. The van der Waals surface area contributed by atoms with Gasteiger partial charge < -0.3 is 4.90 Å². The van der Waals surface area contributed by atoms with Crippen molar-refractivity contribution in [2.45, 2.75) is 11.7 Å². The van der Waals surface area contributed by atoms with E-state index in [9.17, 15) is 13.2 Å². The molecule has 1 fully saturated rings. The third kappa shape index (κ3) is 2.78. The molecule has 1 saturated heterocycles. The molecule has 7 heteroatoms. The summed E-state index contributed by atoms with van der Waals surface area (Å²) in [7, 11) is -3.65. The molecule has 1 aromatic carbocycles. The topological polar surface area (TPSA) is 80.5 Å². The number of anilines is 1. The monoisotopic (exact) mass is 366 g/mol. The van der Waals surface area contributed by atoms with Gasteiger partial charge in [-0.15, -0.1) is 0 Å². The van der Waals surface area contributed by atoms with Crippen LogP contribution in [-0.4, -0.2) is 26.1 Å². The average molecular weight is 366 g/mol. The third-order valence-electron chi connectivity index (χ3n) is 2.67. The van der Waals surface area contributed by atoms with Crippen LogP contribution in [0.25, 0.3) is 0 Å². The molecule has 1 unspecified atom stereocenters. The quantitative estimate of drug-likeness (QED) is 0.782. The lowest BCUT2D eigenvalue weighted by atomic mass is 10.3. The van der Waals surface area contributed by atoms with Crippen LogP contribution in [0.4, 0.5) is 5.69 Å². The van der Waals surface area contributed by atoms with E-state index in [-0.39, 0.29) is 18.9 Å². The Morgan fingerprint density at radius 3 is 2.65 bits per heavy atom. The molecule has 0 spiro atoms. The summed E-state index contributed by atoms with van der Waals surface area (Å²) in [6.07, 6.45) is -0.0374. The smallest absolute Gasteiger partial charge is 0.228 e. The standard InChI is InChI=1S/C10H11IN2O3S/c11-7-2-1-3-8(4-7)13-6-9(5-10(13)14)17(12,15)16/h1-4,9H,5-6H2,(H2,12,15,16). The van der Waals surface area contributed by atoms with Crippen LogP contribution in [-0.2, 0) is 14.8 Å². The number of amides is 1. The van der Waals surface area contributed by atoms with Gasteiger partial charge in [0.05, 0.1) is 0 Å². The summed E-state index contributed by atoms with van der Waals surface area (Å²) in [5.41, 5.74) is 0.716. The van der Waals surface area contributed by atoms with E-state index in [0.29, 0.717) is 5.69 Å². The lowest BCUT2D eigenvalue weighted by molar-refractivity contribution is -0.117. The largest absolute Gasteiger partial charge is 0.311 e. The molecule has 0 aliphatic carbocycles. The molecular formula is C10H11IN2O3S. The Morgan fingerprint density at radius 2 is 2.12 bits per heavy atom. The Bertz CT molecular complexity index is 558. The van der Waals surface area contributed by atoms with Gasteiger partial charge in [-0.25, -0.2) is 13.6 Å². The number of nitrogens with two attached hydrogens (primary N) is 1. The molecule has 2 rings (SSSR count). The predicted molar refractivity (Wildman–Crippen MR) is 73.0 cm³/mol. The van der Waals surface area contributed by atoms with Crippen molar-refractivity contribution in [3.8, 4) is 0 Å². The van der Waals surface area contributed by atoms with E-state index in [2.05, 4.69) is 22.6 Å². The van der Waals surface area contributed by atoms with Crippen LogP contribution >= 0.6 is 22.6 Å². The van der Waals surface area contributed by atoms with Gasteiger partial charge in [-0.3, -0.25) is 4.79 Å². The maximum atomic E-state index is 11.7. The Hall–Kier alpha value is -0.670. The molecule has 2 N–H and O–H groups in total. The molecule has 1 aromatic rings. The summed E-state index contributed by atoms with van der Waals surface area (Å²) in [6, 6.07) is 7.35. The van der Waals surface area contributed by atoms with Crippen molar-refractivity contribution in [3.05, 3.63) is 27.8 Å². The van der Waals surface area contributed by atoms with E-state index in [0.717, 1.165) is 3.57 Å². The zero-order chi connectivity index (χ0) is 12.6. The van der Waals surface area contributed by atoms with Gasteiger partial charge in [0.25, 0.3) is 0 Å². The van der Waals surface area contributed by atoms with E-state index in [4.69, 9.17) is 5.14 Å². The normalized spacial score (nSPS) is 20.9. The Labute approximate surface area is 113 Å². The summed E-state index contributed by atoms with van der Waals surface area (Å²) in [6.45, 7) is 0.137. The highest BCUT2D eigenvalue weighted by atomic mass is 127. The minimum absolute atomic E-state index is 0.0374. The average Bonchev–Trinajstić information content (AvgIpc) is 2.60. The minimum atomic E-state index is -3.65. The van der Waals surface area contributed by atoms with Gasteiger partial charge in [0.1, 0.15) is 5.25 Å². The Morgan fingerprint density at radius 1 is 1.41 bits per heavy atom. The van der Waals surface area contributed by atoms with Crippen molar-refractivity contribution in [2.75, 3.05) is 11.4 Å². The zero-order valence-corrected chi connectivity index (χ0v) is 11.8. The number of carbonyl (C=O) groups is 1. The lowest BCUT2D eigenvalue weighted by Gasteiger charge is -2.16. The molecular weight excluding hydrogens is 355 g/mol. The molecule has 1 aliphatic heterocycles. The van der Waals surface area contributed by atoms with Gasteiger partial charge in [-0.05, 0) is 40.8 Å². The highest BCUT2D eigenvalue weighted by Crippen LogP contribution is 2.25. The molecule has 0 aromatic heterocycles. The highest BCUT2D eigenvalue weighted by molar-refractivity contribution is 14.1. The first-order chi connectivity index (χ1) is 7.88. The second kappa shape index (κ2) is 4.54. The van der Waals surface area contributed by atoms with Crippen LogP contribution in [0.2, 0.25) is 0 Å². The van der Waals surface area contributed by atoms with Gasteiger partial charge in [0.15, 0.2) is 0 Å². The van der Waals surface area contributed by atoms with E-state index < -0.39 is 15.3 Å². The lowest BCUT2D eigenvalue weighted by Crippen LogP contribution is -2.32. The first-order valence-electron chi connectivity index (χ1n) is 4.95. The summed E-state index contributed by atoms with van der Waals surface area (Å²) >= 11 is 2.14. The fourth-order valence-electron chi connectivity index (χ4n) is 1.79. The van der Waals surface area contributed by atoms with Crippen LogP contribution in [0.15, 0.2) is 24.3 Å². The molecule has 1 heterocycles. The van der Waals surface area contributed by atoms with Gasteiger partial charge >= 0.3 is 0 Å². The second-order valence-electron chi connectivity index (χ2n) is 3.90. The molecule has 1 atom stereocenters. The predicted octanol–water partition coefficient (Wildman–Crippen LogP) is 0.685. The Balaban J connectivity index is 2.28. The number of hydrogen-bond donors (Lipinski definition) is 1. The van der Waals surface area contributed by atoms with Crippen LogP contribution in [0.5, 0.6) is 0 Å². The summed E-state index contributed by atoms with van der Waals surface area (Å²) in [5.74, 6) is -0.203. The van der Waals surface area contributed by atoms with Crippen LogP contribution in [0, 0.1) is 3.57 Å². The van der Waals surface area contributed by atoms with E-state index >= 15 is 0 Å². The van der Waals surface area contributed by atoms with Crippen molar-refractivity contribution < 1.29 is 13.2 Å². The van der Waals surface area contributed by atoms with E-state index in [1.165, 1.54) is 4.90 Å². The van der Waals surface area contributed by atoms with Crippen molar-refractivity contribution in [1.29, 1.82) is 0 Å². The fraction of sp³-hybridized carbons (Fsp3) is 0.300. The number of sulfonamides is 1. The zero-order valence-electron chi connectivity index (χ0n) is 8.84. The molecule has 0 saturated carbocycles. The molecule has 1 aliphatic rings. The molecule has 1 amide bonds. The van der Waals surface area contributed by atoms with Gasteiger partial charge in [-0.1, -0.05) is 6.07 Å². The van der Waals surface area contributed by atoms with Gasteiger partial charge in [0, 0.05) is 22.2 Å². The van der Waals surface area contributed by atoms with Crippen molar-refractivity contribution in [3.63, 3.8) is 0 Å². The van der Waals surface area contributed by atoms with Crippen molar-refractivity contribution in [1.82, 2.24) is 0 Å². The Kier molecular flexibility index (Phi) is 3.41. The number of halogens is 1. The van der Waals surface area contributed by atoms with Gasteiger partial charge in [0.2, 0.25) is 15.9 Å². The minimum Gasteiger partial charge on any atom is -0.311 e. The third-order valence-corrected chi connectivity index (χ3v) is 4.59. The number of primary sulfonamides is 1. The first-order valence-corrected chi connectivity index (χ1v) is 7.64. The van der Waals surface area contributed by atoms with E-state index in [1.54, 1.807) is 6.07 Å². The van der Waals surface area contributed by atoms with E-state index in [1.807, 2.05) is 18.2 Å². The second-order valence-corrected chi connectivity index (χ2v) is 6.99. The van der Waals surface area contributed by atoms with Crippen molar-refractivity contribution >= 4 is 44.2 Å². The van der Waals surface area contributed by atoms with Crippen LogP contribution in [0.3, 0.4) is 0 Å². The number of rotatable bonds is 2. The first kappa shape index (κ1) is 12.8. The molecule has 92 valence electrons. The van der Waals surface area contributed by atoms with Crippen LogP contribution < -0.4 is 10.0 Å². The molecule has 0 bridgehead atoms. The highest BCUT2D eigenvalue weighted by Gasteiger charge is 2.37. The summed E-state index contributed by atoms with van der Waals surface area (Å²) in [4.78, 5) is 13.2. The fourth-order valence-corrected chi connectivity index (χ4v) is 3.05. The maximum absolute atomic E-state index is 11.7. The molecule has 0 radical (unpaired) electrons. The maximum Gasteiger partial charge on any atom is 0.228 e. The van der Waals surface area contributed by atoms with Gasteiger partial charge in [-0.2, -0.15) is 0 Å². The number of hydrogen-bond acceptors (Lipinski definition) is 3. The number of nitrogens with zero attached hydrogens (tertiary/aromatic N) is 1. The number of carbonyl (C=O) groups excluding carboxylic acids is 1.